The normalized spacial score (nSPS) is 18.8. The minimum Gasteiger partial charge on any atom is -0.345 e. The second kappa shape index (κ2) is 5.58. The number of piperidine rings is 1. The summed E-state index contributed by atoms with van der Waals surface area (Å²) in [5, 5.41) is 0. The lowest BCUT2D eigenvalue weighted by molar-refractivity contribution is -0.119. The number of hydrogen-bond acceptors (Lipinski definition) is 2. The van der Waals surface area contributed by atoms with Crippen molar-refractivity contribution in [3.63, 3.8) is 0 Å². The van der Waals surface area contributed by atoms with Crippen LogP contribution in [-0.4, -0.2) is 30.2 Å². The average molecular weight is 195 g/mol. The Kier molecular flexibility index (Phi) is 4.36. The second-order valence-electron chi connectivity index (χ2n) is 3.83. The lowest BCUT2D eigenvalue weighted by Crippen LogP contribution is -2.32. The highest BCUT2D eigenvalue weighted by Crippen LogP contribution is 2.19. The standard InChI is InChI=1S/C11H17NO2/c1-10(14)3-2-4-11-5-7-12(9-13)8-6-11/h2-3,9,11H,4-8H2,1H3/b3-2+. The van der Waals surface area contributed by atoms with Gasteiger partial charge in [0.25, 0.3) is 0 Å². The summed E-state index contributed by atoms with van der Waals surface area (Å²) in [6.07, 6.45) is 7.57. The van der Waals surface area contributed by atoms with Gasteiger partial charge in [-0.25, -0.2) is 0 Å². The van der Waals surface area contributed by atoms with Gasteiger partial charge in [-0.15, -0.1) is 0 Å². The van der Waals surface area contributed by atoms with E-state index < -0.39 is 0 Å². The van der Waals surface area contributed by atoms with Crippen LogP contribution >= 0.6 is 0 Å². The first-order valence-corrected chi connectivity index (χ1v) is 5.09. The maximum atomic E-state index is 10.6. The molecule has 1 heterocycles. The molecule has 0 bridgehead atoms. The molecule has 78 valence electrons. The molecule has 1 aliphatic heterocycles. The van der Waals surface area contributed by atoms with Gasteiger partial charge in [-0.1, -0.05) is 6.08 Å². The molecular weight excluding hydrogens is 178 g/mol. The van der Waals surface area contributed by atoms with E-state index in [1.165, 1.54) is 0 Å². The largest absolute Gasteiger partial charge is 0.345 e. The molecule has 3 nitrogen and oxygen atoms in total. The minimum absolute atomic E-state index is 0.107. The quantitative estimate of drug-likeness (QED) is 0.502. The molecule has 0 aliphatic carbocycles. The zero-order valence-corrected chi connectivity index (χ0v) is 8.61. The summed E-state index contributed by atoms with van der Waals surface area (Å²) >= 11 is 0. The molecule has 0 atom stereocenters. The van der Waals surface area contributed by atoms with Crippen molar-refractivity contribution < 1.29 is 9.59 Å². The Morgan fingerprint density at radius 2 is 2.07 bits per heavy atom. The third-order valence-electron chi connectivity index (χ3n) is 2.62. The third kappa shape index (κ3) is 3.73. The van der Waals surface area contributed by atoms with E-state index in [0.29, 0.717) is 5.92 Å². The summed E-state index contributed by atoms with van der Waals surface area (Å²) in [6, 6.07) is 0. The van der Waals surface area contributed by atoms with Crippen LogP contribution in [-0.2, 0) is 9.59 Å². The summed E-state index contributed by atoms with van der Waals surface area (Å²) in [4.78, 5) is 22.9. The maximum absolute atomic E-state index is 10.6. The molecule has 14 heavy (non-hydrogen) atoms. The predicted molar refractivity (Wildman–Crippen MR) is 54.8 cm³/mol. The van der Waals surface area contributed by atoms with E-state index in [0.717, 1.165) is 38.8 Å². The Morgan fingerprint density at radius 1 is 1.43 bits per heavy atom. The number of ketones is 1. The lowest BCUT2D eigenvalue weighted by atomic mass is 9.93. The third-order valence-corrected chi connectivity index (χ3v) is 2.62. The summed E-state index contributed by atoms with van der Waals surface area (Å²) in [5.74, 6) is 0.747. The van der Waals surface area contributed by atoms with Gasteiger partial charge < -0.3 is 4.90 Å². The smallest absolute Gasteiger partial charge is 0.209 e. The fraction of sp³-hybridized carbons (Fsp3) is 0.636. The van der Waals surface area contributed by atoms with E-state index in [9.17, 15) is 9.59 Å². The molecule has 0 spiro atoms. The van der Waals surface area contributed by atoms with Crippen molar-refractivity contribution in [3.8, 4) is 0 Å². The van der Waals surface area contributed by atoms with Gasteiger partial charge in [-0.3, -0.25) is 9.59 Å². The molecule has 0 aromatic rings. The first-order valence-electron chi connectivity index (χ1n) is 5.09. The van der Waals surface area contributed by atoms with E-state index in [-0.39, 0.29) is 5.78 Å². The molecule has 1 saturated heterocycles. The number of amides is 1. The molecule has 1 amide bonds. The molecule has 1 fully saturated rings. The van der Waals surface area contributed by atoms with Gasteiger partial charge in [0.2, 0.25) is 6.41 Å². The Bertz CT molecular complexity index is 227. The molecule has 3 heteroatoms. The molecule has 0 N–H and O–H groups in total. The van der Waals surface area contributed by atoms with Gasteiger partial charge in [0.05, 0.1) is 0 Å². The van der Waals surface area contributed by atoms with Crippen LogP contribution in [0.15, 0.2) is 12.2 Å². The summed E-state index contributed by atoms with van der Waals surface area (Å²) in [6.45, 7) is 3.29. The molecule has 0 aromatic carbocycles. The van der Waals surface area contributed by atoms with Gasteiger partial charge in [0.15, 0.2) is 5.78 Å². The average Bonchev–Trinajstić information content (AvgIpc) is 2.18. The van der Waals surface area contributed by atoms with Crippen molar-refractivity contribution in [1.29, 1.82) is 0 Å². The number of allylic oxidation sites excluding steroid dienone is 2. The van der Waals surface area contributed by atoms with Crippen LogP contribution in [0.4, 0.5) is 0 Å². The molecule has 1 rings (SSSR count). The molecule has 1 aliphatic rings. The number of carbonyl (C=O) groups excluding carboxylic acids is 2. The Balaban J connectivity index is 2.22. The Hall–Kier alpha value is -1.12. The van der Waals surface area contributed by atoms with Crippen LogP contribution in [0, 0.1) is 5.92 Å². The van der Waals surface area contributed by atoms with E-state index >= 15 is 0 Å². The van der Waals surface area contributed by atoms with Crippen LogP contribution in [0.1, 0.15) is 26.2 Å². The molecule has 0 radical (unpaired) electrons. The van der Waals surface area contributed by atoms with Crippen molar-refractivity contribution in [2.75, 3.05) is 13.1 Å². The Morgan fingerprint density at radius 3 is 2.57 bits per heavy atom. The van der Waals surface area contributed by atoms with Crippen LogP contribution in [0.5, 0.6) is 0 Å². The number of hydrogen-bond donors (Lipinski definition) is 0. The van der Waals surface area contributed by atoms with E-state index in [1.54, 1.807) is 13.0 Å². The molecule has 0 unspecified atom stereocenters. The topological polar surface area (TPSA) is 37.4 Å². The van der Waals surface area contributed by atoms with Gasteiger partial charge in [0, 0.05) is 13.1 Å². The highest BCUT2D eigenvalue weighted by molar-refractivity contribution is 5.87. The summed E-state index contributed by atoms with van der Waals surface area (Å²) < 4.78 is 0. The van der Waals surface area contributed by atoms with Crippen molar-refractivity contribution in [1.82, 2.24) is 4.90 Å². The highest BCUT2D eigenvalue weighted by atomic mass is 16.1. The zero-order valence-electron chi connectivity index (χ0n) is 8.61. The maximum Gasteiger partial charge on any atom is 0.209 e. The van der Waals surface area contributed by atoms with E-state index in [1.807, 2.05) is 11.0 Å². The fourth-order valence-electron chi connectivity index (χ4n) is 1.72. The summed E-state index contributed by atoms with van der Waals surface area (Å²) in [7, 11) is 0. The molecular formula is C11H17NO2. The number of rotatable bonds is 4. The minimum atomic E-state index is 0.107. The summed E-state index contributed by atoms with van der Waals surface area (Å²) in [5.41, 5.74) is 0. The van der Waals surface area contributed by atoms with Gasteiger partial charge in [-0.05, 0) is 38.2 Å². The SMILES string of the molecule is CC(=O)/C=C/CC1CCN(C=O)CC1. The van der Waals surface area contributed by atoms with E-state index in [4.69, 9.17) is 0 Å². The number of carbonyl (C=O) groups is 2. The van der Waals surface area contributed by atoms with Crippen LogP contribution in [0.3, 0.4) is 0 Å². The van der Waals surface area contributed by atoms with Crippen molar-refractivity contribution >= 4 is 12.2 Å². The predicted octanol–water partition coefficient (Wildman–Crippen LogP) is 1.39. The lowest BCUT2D eigenvalue weighted by Gasteiger charge is -2.28. The first kappa shape index (κ1) is 11.0. The highest BCUT2D eigenvalue weighted by Gasteiger charge is 2.16. The van der Waals surface area contributed by atoms with Gasteiger partial charge in [0.1, 0.15) is 0 Å². The Labute approximate surface area is 84.8 Å². The number of likely N-dealkylation sites (tertiary alicyclic amines) is 1. The van der Waals surface area contributed by atoms with Crippen LogP contribution in [0.25, 0.3) is 0 Å². The van der Waals surface area contributed by atoms with Crippen molar-refractivity contribution in [3.05, 3.63) is 12.2 Å². The van der Waals surface area contributed by atoms with Crippen LogP contribution in [0.2, 0.25) is 0 Å². The van der Waals surface area contributed by atoms with Crippen molar-refractivity contribution in [2.24, 2.45) is 5.92 Å². The monoisotopic (exact) mass is 195 g/mol. The number of nitrogens with zero attached hydrogens (tertiary/aromatic N) is 1. The van der Waals surface area contributed by atoms with Crippen LogP contribution < -0.4 is 0 Å². The fourth-order valence-corrected chi connectivity index (χ4v) is 1.72. The molecule has 0 aromatic heterocycles. The zero-order chi connectivity index (χ0) is 10.4. The second-order valence-corrected chi connectivity index (χ2v) is 3.83. The van der Waals surface area contributed by atoms with E-state index in [2.05, 4.69) is 0 Å². The van der Waals surface area contributed by atoms with Gasteiger partial charge >= 0.3 is 0 Å². The van der Waals surface area contributed by atoms with Crippen molar-refractivity contribution in [2.45, 2.75) is 26.2 Å². The van der Waals surface area contributed by atoms with Gasteiger partial charge in [-0.2, -0.15) is 0 Å². The first-order chi connectivity index (χ1) is 6.72. The molecule has 0 saturated carbocycles.